The molecule has 1 N–H and O–H groups in total. The van der Waals surface area contributed by atoms with Crippen LogP contribution in [-0.4, -0.2) is 9.97 Å². The zero-order valence-electron chi connectivity index (χ0n) is 12.1. The minimum absolute atomic E-state index is 1.06. The molecule has 2 heteroatoms. The van der Waals surface area contributed by atoms with Gasteiger partial charge in [0, 0.05) is 28.7 Å². The summed E-state index contributed by atoms with van der Waals surface area (Å²) in [5, 5.41) is 2.56. The van der Waals surface area contributed by atoms with E-state index in [1.807, 2.05) is 30.5 Å². The average Bonchev–Trinajstić information content (AvgIpc) is 2.99. The van der Waals surface area contributed by atoms with Crippen molar-refractivity contribution >= 4 is 21.8 Å². The van der Waals surface area contributed by atoms with Gasteiger partial charge in [-0.25, -0.2) is 0 Å². The summed E-state index contributed by atoms with van der Waals surface area (Å²) in [6.07, 6.45) is 5.00. The molecule has 0 saturated carbocycles. The first-order valence-corrected chi connectivity index (χ1v) is 7.23. The molecule has 0 radical (unpaired) electrons. The molecule has 0 aliphatic carbocycles. The van der Waals surface area contributed by atoms with Crippen LogP contribution in [0.2, 0.25) is 0 Å². The zero-order valence-corrected chi connectivity index (χ0v) is 12.1. The molecule has 0 aliphatic rings. The van der Waals surface area contributed by atoms with Crippen molar-refractivity contribution in [2.75, 3.05) is 0 Å². The van der Waals surface area contributed by atoms with Crippen LogP contribution in [-0.2, 0) is 6.42 Å². The smallest absolute Gasteiger partial charge is 0.0701 e. The summed E-state index contributed by atoms with van der Waals surface area (Å²) in [4.78, 5) is 7.42. The molecule has 0 saturated heterocycles. The van der Waals surface area contributed by atoms with E-state index in [9.17, 15) is 0 Å². The van der Waals surface area contributed by atoms with Crippen molar-refractivity contribution in [3.8, 4) is 0 Å². The van der Waals surface area contributed by atoms with Gasteiger partial charge in [-0.1, -0.05) is 49.4 Å². The molecule has 0 spiro atoms. The molecule has 4 rings (SSSR count). The van der Waals surface area contributed by atoms with Crippen LogP contribution in [0, 0.1) is 0 Å². The van der Waals surface area contributed by atoms with Gasteiger partial charge in [0.1, 0.15) is 0 Å². The van der Waals surface area contributed by atoms with Gasteiger partial charge in [0.05, 0.1) is 5.52 Å². The summed E-state index contributed by atoms with van der Waals surface area (Å²) in [5.41, 5.74) is 3.70. The van der Waals surface area contributed by atoms with Crippen LogP contribution in [0.25, 0.3) is 21.8 Å². The fourth-order valence-corrected chi connectivity index (χ4v) is 2.44. The van der Waals surface area contributed by atoms with E-state index in [0.29, 0.717) is 0 Å². The first-order valence-electron chi connectivity index (χ1n) is 7.23. The molecular formula is C19H18N2. The zero-order chi connectivity index (χ0) is 14.5. The maximum atomic E-state index is 4.18. The summed E-state index contributed by atoms with van der Waals surface area (Å²) in [5.74, 6) is 0. The quantitative estimate of drug-likeness (QED) is 0.522. The number of benzene rings is 2. The molecule has 0 amide bonds. The van der Waals surface area contributed by atoms with Crippen LogP contribution in [0.5, 0.6) is 0 Å². The number of aromatic amines is 1. The third-order valence-electron chi connectivity index (χ3n) is 3.57. The van der Waals surface area contributed by atoms with E-state index in [-0.39, 0.29) is 0 Å². The van der Waals surface area contributed by atoms with Gasteiger partial charge >= 0.3 is 0 Å². The molecule has 0 bridgehead atoms. The highest BCUT2D eigenvalue weighted by Gasteiger charge is 1.98. The van der Waals surface area contributed by atoms with Crippen molar-refractivity contribution in [2.24, 2.45) is 0 Å². The number of rotatable bonds is 1. The Hall–Kier alpha value is -2.61. The highest BCUT2D eigenvalue weighted by atomic mass is 14.7. The average molecular weight is 274 g/mol. The normalized spacial score (nSPS) is 10.3. The van der Waals surface area contributed by atoms with E-state index in [2.05, 4.69) is 59.5 Å². The molecule has 0 atom stereocenters. The number of hydrogen-bond donors (Lipinski definition) is 1. The molecule has 4 aromatic rings. The second-order valence-corrected chi connectivity index (χ2v) is 4.91. The van der Waals surface area contributed by atoms with Crippen molar-refractivity contribution in [1.29, 1.82) is 0 Å². The lowest BCUT2D eigenvalue weighted by atomic mass is 10.1. The van der Waals surface area contributed by atoms with E-state index in [1.165, 1.54) is 21.9 Å². The van der Waals surface area contributed by atoms with Gasteiger partial charge in [-0.3, -0.25) is 4.98 Å². The number of aryl methyl sites for hydroxylation is 1. The molecular weight excluding hydrogens is 256 g/mol. The molecule has 2 heterocycles. The number of nitrogens with one attached hydrogen (secondary N) is 1. The van der Waals surface area contributed by atoms with Crippen molar-refractivity contribution in [3.05, 3.63) is 78.6 Å². The van der Waals surface area contributed by atoms with Crippen LogP contribution in [0.15, 0.2) is 73.1 Å². The third kappa shape index (κ3) is 2.95. The Morgan fingerprint density at radius 1 is 0.905 bits per heavy atom. The molecule has 2 nitrogen and oxygen atoms in total. The van der Waals surface area contributed by atoms with Crippen LogP contribution in [0.1, 0.15) is 12.5 Å². The van der Waals surface area contributed by atoms with Crippen molar-refractivity contribution in [3.63, 3.8) is 0 Å². The topological polar surface area (TPSA) is 28.7 Å². The number of H-pyrrole nitrogens is 1. The predicted octanol–water partition coefficient (Wildman–Crippen LogP) is 4.97. The van der Waals surface area contributed by atoms with Crippen LogP contribution >= 0.6 is 0 Å². The SMILES string of the molecule is CCc1c[nH]c2ccccc12.c1ccc2ncccc2c1. The van der Waals surface area contributed by atoms with Crippen LogP contribution in [0.3, 0.4) is 0 Å². The fourth-order valence-electron chi connectivity index (χ4n) is 2.44. The van der Waals surface area contributed by atoms with Gasteiger partial charge < -0.3 is 4.98 Å². The number of aromatic nitrogens is 2. The van der Waals surface area contributed by atoms with E-state index in [0.717, 1.165) is 11.9 Å². The second-order valence-electron chi connectivity index (χ2n) is 4.91. The number of para-hydroxylation sites is 2. The third-order valence-corrected chi connectivity index (χ3v) is 3.57. The maximum Gasteiger partial charge on any atom is 0.0701 e. The van der Waals surface area contributed by atoms with Gasteiger partial charge in [0.2, 0.25) is 0 Å². The largest absolute Gasteiger partial charge is 0.361 e. The fraction of sp³-hybridized carbons (Fsp3) is 0.105. The second kappa shape index (κ2) is 6.23. The molecule has 0 fully saturated rings. The van der Waals surface area contributed by atoms with Crippen molar-refractivity contribution in [1.82, 2.24) is 9.97 Å². The number of fused-ring (bicyclic) bond motifs is 2. The Labute approximate surface area is 124 Å². The Kier molecular flexibility index (Phi) is 3.97. The van der Waals surface area contributed by atoms with Gasteiger partial charge in [-0.15, -0.1) is 0 Å². The lowest BCUT2D eigenvalue weighted by molar-refractivity contribution is 1.15. The van der Waals surface area contributed by atoms with Gasteiger partial charge in [-0.05, 0) is 30.2 Å². The van der Waals surface area contributed by atoms with Crippen LogP contribution in [0.4, 0.5) is 0 Å². The standard InChI is InChI=1S/C10H11N.C9H7N/c1-2-8-7-11-10-6-4-3-5-9(8)10;1-2-6-9-8(4-1)5-3-7-10-9/h3-7,11H,2H2,1H3;1-7H. The van der Waals surface area contributed by atoms with E-state index in [1.54, 1.807) is 0 Å². The maximum absolute atomic E-state index is 4.18. The summed E-state index contributed by atoms with van der Waals surface area (Å²) in [6, 6.07) is 20.5. The molecule has 2 aromatic carbocycles. The molecule has 0 unspecified atom stereocenters. The summed E-state index contributed by atoms with van der Waals surface area (Å²) in [7, 11) is 0. The Morgan fingerprint density at radius 2 is 1.67 bits per heavy atom. The Morgan fingerprint density at radius 3 is 2.52 bits per heavy atom. The lowest BCUT2D eigenvalue weighted by Gasteiger charge is -1.91. The minimum atomic E-state index is 1.06. The monoisotopic (exact) mass is 274 g/mol. The van der Waals surface area contributed by atoms with Crippen molar-refractivity contribution < 1.29 is 0 Å². The lowest BCUT2D eigenvalue weighted by Crippen LogP contribution is -1.73. The summed E-state index contributed by atoms with van der Waals surface area (Å²) >= 11 is 0. The van der Waals surface area contributed by atoms with Gasteiger partial charge in [0.25, 0.3) is 0 Å². The number of hydrogen-bond acceptors (Lipinski definition) is 1. The van der Waals surface area contributed by atoms with Gasteiger partial charge in [-0.2, -0.15) is 0 Å². The predicted molar refractivity (Wildman–Crippen MR) is 89.4 cm³/mol. The van der Waals surface area contributed by atoms with E-state index < -0.39 is 0 Å². The Balaban J connectivity index is 0.000000126. The Bertz CT molecular complexity index is 781. The molecule has 21 heavy (non-hydrogen) atoms. The van der Waals surface area contributed by atoms with E-state index >= 15 is 0 Å². The first-order chi connectivity index (χ1) is 10.4. The summed E-state index contributed by atoms with van der Waals surface area (Å²) < 4.78 is 0. The van der Waals surface area contributed by atoms with Crippen LogP contribution < -0.4 is 0 Å². The molecule has 0 aliphatic heterocycles. The summed E-state index contributed by atoms with van der Waals surface area (Å²) in [6.45, 7) is 2.18. The highest BCUT2D eigenvalue weighted by molar-refractivity contribution is 5.83. The van der Waals surface area contributed by atoms with E-state index in [4.69, 9.17) is 0 Å². The number of pyridine rings is 1. The minimum Gasteiger partial charge on any atom is -0.361 e. The van der Waals surface area contributed by atoms with Gasteiger partial charge in [0.15, 0.2) is 0 Å². The van der Waals surface area contributed by atoms with Crippen molar-refractivity contribution in [2.45, 2.75) is 13.3 Å². The highest BCUT2D eigenvalue weighted by Crippen LogP contribution is 2.17. The first kappa shape index (κ1) is 13.4. The number of nitrogens with zero attached hydrogens (tertiary/aromatic N) is 1. The molecule has 2 aromatic heterocycles. The molecule has 104 valence electrons.